The van der Waals surface area contributed by atoms with E-state index in [0.717, 1.165) is 30.8 Å². The Morgan fingerprint density at radius 1 is 1.00 bits per heavy atom. The van der Waals surface area contributed by atoms with Crippen LogP contribution in [0.5, 0.6) is 0 Å². The van der Waals surface area contributed by atoms with Crippen LogP contribution in [0.3, 0.4) is 0 Å². The number of nitrogens with zero attached hydrogens (tertiary/aromatic N) is 2. The molecule has 1 fully saturated rings. The van der Waals surface area contributed by atoms with Gasteiger partial charge in [0.1, 0.15) is 11.6 Å². The lowest BCUT2D eigenvalue weighted by Gasteiger charge is -2.51. The van der Waals surface area contributed by atoms with Crippen LogP contribution in [0.1, 0.15) is 18.1 Å². The van der Waals surface area contributed by atoms with Crippen LogP contribution in [-0.2, 0) is 5.54 Å². The quantitative estimate of drug-likeness (QED) is 0.763. The summed E-state index contributed by atoms with van der Waals surface area (Å²) in [6.07, 6.45) is -0.538. The summed E-state index contributed by atoms with van der Waals surface area (Å²) in [7, 11) is 2.05. The van der Waals surface area contributed by atoms with E-state index in [0.29, 0.717) is 19.6 Å². The number of β-amino-alcohol motifs (C(OH)–C–C–N with tert-alkyl or cyclic N) is 1. The topological polar surface area (TPSA) is 38.7 Å². The number of halogens is 2. The largest absolute Gasteiger partial charge is 0.390 e. The molecule has 1 aliphatic rings. The zero-order chi connectivity index (χ0) is 20.1. The van der Waals surface area contributed by atoms with Crippen molar-refractivity contribution in [1.82, 2.24) is 15.1 Å². The van der Waals surface area contributed by atoms with Gasteiger partial charge in [0, 0.05) is 32.7 Å². The van der Waals surface area contributed by atoms with Crippen LogP contribution in [-0.4, -0.2) is 67.3 Å². The molecular formula is C22H29F2N3O. The number of aliphatic hydroxyl groups is 1. The molecule has 6 heteroatoms. The normalized spacial score (nSPS) is 18.9. The smallest absolute Gasteiger partial charge is 0.123 e. The molecule has 0 spiro atoms. The van der Waals surface area contributed by atoms with Crippen LogP contribution in [0.2, 0.25) is 0 Å². The van der Waals surface area contributed by atoms with Crippen molar-refractivity contribution in [2.75, 3.05) is 46.3 Å². The molecule has 0 radical (unpaired) electrons. The van der Waals surface area contributed by atoms with Crippen molar-refractivity contribution >= 4 is 0 Å². The highest BCUT2D eigenvalue weighted by atomic mass is 19.1. The maximum absolute atomic E-state index is 13.6. The van der Waals surface area contributed by atoms with Crippen LogP contribution >= 0.6 is 0 Å². The van der Waals surface area contributed by atoms with Gasteiger partial charge in [0.2, 0.25) is 0 Å². The lowest BCUT2D eigenvalue weighted by atomic mass is 9.79. The van der Waals surface area contributed by atoms with Crippen molar-refractivity contribution in [1.29, 1.82) is 0 Å². The second-order valence-electron chi connectivity index (χ2n) is 7.52. The van der Waals surface area contributed by atoms with E-state index in [9.17, 15) is 13.9 Å². The molecule has 2 aromatic carbocycles. The SMILES string of the molecule is CCNCC(O)CN1CCN(C)CC1(c1ccc(F)cc1)c1ccc(F)cc1. The van der Waals surface area contributed by atoms with Gasteiger partial charge in [-0.25, -0.2) is 8.78 Å². The molecule has 1 saturated heterocycles. The van der Waals surface area contributed by atoms with E-state index in [4.69, 9.17) is 0 Å². The molecule has 1 unspecified atom stereocenters. The van der Waals surface area contributed by atoms with E-state index >= 15 is 0 Å². The minimum atomic E-state index is -0.596. The average molecular weight is 389 g/mol. The molecule has 1 heterocycles. The van der Waals surface area contributed by atoms with Gasteiger partial charge in [-0.1, -0.05) is 31.2 Å². The van der Waals surface area contributed by atoms with Crippen molar-refractivity contribution in [3.63, 3.8) is 0 Å². The van der Waals surface area contributed by atoms with E-state index < -0.39 is 11.6 Å². The monoisotopic (exact) mass is 389 g/mol. The molecule has 2 aromatic rings. The Hall–Kier alpha value is -1.86. The van der Waals surface area contributed by atoms with Gasteiger partial charge in [-0.05, 0) is 49.0 Å². The Labute approximate surface area is 165 Å². The molecule has 0 bridgehead atoms. The molecule has 0 aliphatic carbocycles. The van der Waals surface area contributed by atoms with Gasteiger partial charge in [-0.3, -0.25) is 4.90 Å². The van der Waals surface area contributed by atoms with Crippen molar-refractivity contribution in [2.45, 2.75) is 18.6 Å². The van der Waals surface area contributed by atoms with Gasteiger partial charge < -0.3 is 15.3 Å². The van der Waals surface area contributed by atoms with Gasteiger partial charge in [0.25, 0.3) is 0 Å². The minimum absolute atomic E-state index is 0.291. The van der Waals surface area contributed by atoms with E-state index in [1.807, 2.05) is 14.0 Å². The van der Waals surface area contributed by atoms with Crippen LogP contribution in [0.15, 0.2) is 48.5 Å². The first-order valence-corrected chi connectivity index (χ1v) is 9.80. The summed E-state index contributed by atoms with van der Waals surface area (Å²) in [5, 5.41) is 13.8. The molecule has 152 valence electrons. The standard InChI is InChI=1S/C22H29F2N3O/c1-3-25-14-21(28)15-27-13-12-26(2)16-22(27,17-4-8-19(23)9-5-17)18-6-10-20(24)11-7-18/h4-11,21,25,28H,3,12-16H2,1-2H3. The van der Waals surface area contributed by atoms with Gasteiger partial charge in [-0.15, -0.1) is 0 Å². The first kappa shape index (κ1) is 20.9. The van der Waals surface area contributed by atoms with Crippen molar-refractivity contribution in [2.24, 2.45) is 0 Å². The fourth-order valence-electron chi connectivity index (χ4n) is 4.09. The van der Waals surface area contributed by atoms with Crippen LogP contribution in [0.4, 0.5) is 8.78 Å². The number of aliphatic hydroxyl groups excluding tert-OH is 1. The number of hydrogen-bond acceptors (Lipinski definition) is 4. The van der Waals surface area contributed by atoms with Gasteiger partial charge >= 0.3 is 0 Å². The van der Waals surface area contributed by atoms with Crippen molar-refractivity contribution in [3.8, 4) is 0 Å². The Morgan fingerprint density at radius 3 is 2.04 bits per heavy atom. The molecule has 0 amide bonds. The summed E-state index contributed by atoms with van der Waals surface area (Å²) in [5.41, 5.74) is 1.27. The zero-order valence-corrected chi connectivity index (χ0v) is 16.5. The number of rotatable bonds is 7. The molecular weight excluding hydrogens is 360 g/mol. The van der Waals surface area contributed by atoms with Gasteiger partial charge in [0.15, 0.2) is 0 Å². The molecule has 1 aliphatic heterocycles. The molecule has 3 rings (SSSR count). The predicted molar refractivity (Wildman–Crippen MR) is 107 cm³/mol. The van der Waals surface area contributed by atoms with E-state index in [1.165, 1.54) is 24.3 Å². The van der Waals surface area contributed by atoms with E-state index in [2.05, 4.69) is 15.1 Å². The molecule has 28 heavy (non-hydrogen) atoms. The third kappa shape index (κ3) is 4.41. The van der Waals surface area contributed by atoms with Crippen molar-refractivity contribution in [3.05, 3.63) is 71.3 Å². The number of nitrogens with one attached hydrogen (secondary N) is 1. The average Bonchev–Trinajstić information content (AvgIpc) is 2.69. The summed E-state index contributed by atoms with van der Waals surface area (Å²) in [6, 6.07) is 13.0. The van der Waals surface area contributed by atoms with Crippen LogP contribution in [0.25, 0.3) is 0 Å². The first-order valence-electron chi connectivity index (χ1n) is 9.80. The van der Waals surface area contributed by atoms with E-state index in [-0.39, 0.29) is 11.6 Å². The summed E-state index contributed by atoms with van der Waals surface area (Å²) < 4.78 is 27.3. The summed E-state index contributed by atoms with van der Waals surface area (Å²) in [5.74, 6) is -0.582. The Balaban J connectivity index is 2.06. The van der Waals surface area contributed by atoms with Gasteiger partial charge in [0.05, 0.1) is 11.6 Å². The highest BCUT2D eigenvalue weighted by molar-refractivity contribution is 5.40. The second kappa shape index (κ2) is 9.09. The highest BCUT2D eigenvalue weighted by Crippen LogP contribution is 2.39. The fraction of sp³-hybridized carbons (Fsp3) is 0.455. The number of hydrogen-bond donors (Lipinski definition) is 2. The Kier molecular flexibility index (Phi) is 6.78. The zero-order valence-electron chi connectivity index (χ0n) is 16.5. The number of piperazine rings is 1. The minimum Gasteiger partial charge on any atom is -0.390 e. The van der Waals surface area contributed by atoms with Gasteiger partial charge in [-0.2, -0.15) is 0 Å². The van der Waals surface area contributed by atoms with Crippen LogP contribution < -0.4 is 5.32 Å². The van der Waals surface area contributed by atoms with E-state index in [1.54, 1.807) is 24.3 Å². The van der Waals surface area contributed by atoms with Crippen LogP contribution in [0, 0.1) is 11.6 Å². The third-order valence-corrected chi connectivity index (χ3v) is 5.49. The molecule has 2 N–H and O–H groups in total. The molecule has 0 aromatic heterocycles. The number of likely N-dealkylation sites (N-methyl/N-ethyl adjacent to an activating group) is 2. The lowest BCUT2D eigenvalue weighted by Crippen LogP contribution is -2.61. The molecule has 0 saturated carbocycles. The first-order chi connectivity index (χ1) is 13.5. The highest BCUT2D eigenvalue weighted by Gasteiger charge is 2.44. The lowest BCUT2D eigenvalue weighted by molar-refractivity contribution is -0.00236. The molecule has 4 nitrogen and oxygen atoms in total. The third-order valence-electron chi connectivity index (χ3n) is 5.49. The molecule has 1 atom stereocenters. The summed E-state index contributed by atoms with van der Waals surface area (Å²) in [4.78, 5) is 4.47. The predicted octanol–water partition coefficient (Wildman–Crippen LogP) is 2.43. The second-order valence-corrected chi connectivity index (χ2v) is 7.52. The van der Waals surface area contributed by atoms with Crippen molar-refractivity contribution < 1.29 is 13.9 Å². The number of benzene rings is 2. The fourth-order valence-corrected chi connectivity index (χ4v) is 4.09. The Morgan fingerprint density at radius 2 is 1.54 bits per heavy atom. The Bertz CT molecular complexity index is 706. The maximum Gasteiger partial charge on any atom is 0.123 e. The maximum atomic E-state index is 13.6. The summed E-state index contributed by atoms with van der Waals surface area (Å²) in [6.45, 7) is 6.04. The summed E-state index contributed by atoms with van der Waals surface area (Å²) >= 11 is 0.